The minimum Gasteiger partial charge on any atom is -0.491 e. The Bertz CT molecular complexity index is 851. The summed E-state index contributed by atoms with van der Waals surface area (Å²) in [5.41, 5.74) is 0.590. The quantitative estimate of drug-likeness (QED) is 0.665. The SMILES string of the molecule is CC1CCN(c2nnc(SCC(O)COc3ccc(C#N)cc3)n2C2CC2)CC1. The van der Waals surface area contributed by atoms with Crippen LogP contribution in [-0.2, 0) is 0 Å². The molecule has 8 heteroatoms. The van der Waals surface area contributed by atoms with Gasteiger partial charge in [-0.2, -0.15) is 5.26 Å². The van der Waals surface area contributed by atoms with Crippen LogP contribution in [0.15, 0.2) is 29.4 Å². The third-order valence-corrected chi connectivity index (χ3v) is 6.54. The molecule has 1 N–H and O–H groups in total. The molecule has 1 aromatic heterocycles. The number of aromatic nitrogens is 3. The number of nitriles is 1. The first kappa shape index (κ1) is 20.0. The number of aliphatic hydroxyl groups is 1. The molecule has 1 atom stereocenters. The monoisotopic (exact) mass is 413 g/mol. The van der Waals surface area contributed by atoms with Crippen molar-refractivity contribution in [1.82, 2.24) is 14.8 Å². The van der Waals surface area contributed by atoms with Crippen LogP contribution < -0.4 is 9.64 Å². The molecule has 1 aliphatic carbocycles. The highest BCUT2D eigenvalue weighted by Crippen LogP contribution is 2.41. The predicted octanol–water partition coefficient (Wildman–Crippen LogP) is 3.25. The van der Waals surface area contributed by atoms with E-state index in [0.29, 0.717) is 23.1 Å². The molecule has 1 aliphatic heterocycles. The van der Waals surface area contributed by atoms with Crippen molar-refractivity contribution in [1.29, 1.82) is 5.26 Å². The number of thioether (sulfide) groups is 1. The van der Waals surface area contributed by atoms with E-state index in [-0.39, 0.29) is 6.61 Å². The van der Waals surface area contributed by atoms with E-state index in [1.807, 2.05) is 0 Å². The van der Waals surface area contributed by atoms with Crippen LogP contribution in [0.2, 0.25) is 0 Å². The van der Waals surface area contributed by atoms with Crippen molar-refractivity contribution < 1.29 is 9.84 Å². The van der Waals surface area contributed by atoms with Gasteiger partial charge in [-0.25, -0.2) is 0 Å². The van der Waals surface area contributed by atoms with Crippen LogP contribution in [0.5, 0.6) is 5.75 Å². The van der Waals surface area contributed by atoms with Gasteiger partial charge in [0.05, 0.1) is 17.7 Å². The first-order valence-electron chi connectivity index (χ1n) is 10.3. The summed E-state index contributed by atoms with van der Waals surface area (Å²) >= 11 is 1.54. The molecule has 4 rings (SSSR count). The van der Waals surface area contributed by atoms with Crippen LogP contribution >= 0.6 is 11.8 Å². The van der Waals surface area contributed by atoms with Gasteiger partial charge in [0.1, 0.15) is 12.4 Å². The Morgan fingerprint density at radius 3 is 2.59 bits per heavy atom. The van der Waals surface area contributed by atoms with Crippen molar-refractivity contribution in [3.8, 4) is 11.8 Å². The van der Waals surface area contributed by atoms with Crippen LogP contribution in [0.3, 0.4) is 0 Å². The minimum atomic E-state index is -0.612. The van der Waals surface area contributed by atoms with Gasteiger partial charge in [0.2, 0.25) is 5.95 Å². The molecule has 7 nitrogen and oxygen atoms in total. The van der Waals surface area contributed by atoms with Gasteiger partial charge in [-0.3, -0.25) is 4.57 Å². The Morgan fingerprint density at radius 2 is 1.93 bits per heavy atom. The van der Waals surface area contributed by atoms with Gasteiger partial charge in [-0.15, -0.1) is 10.2 Å². The molecule has 0 bridgehead atoms. The van der Waals surface area contributed by atoms with E-state index in [0.717, 1.165) is 30.1 Å². The summed E-state index contributed by atoms with van der Waals surface area (Å²) in [7, 11) is 0. The Kier molecular flexibility index (Phi) is 6.26. The van der Waals surface area contributed by atoms with Gasteiger partial charge < -0.3 is 14.7 Å². The van der Waals surface area contributed by atoms with Crippen molar-refractivity contribution in [2.75, 3.05) is 30.3 Å². The zero-order valence-corrected chi connectivity index (χ0v) is 17.5. The van der Waals surface area contributed by atoms with Crippen molar-refractivity contribution in [3.05, 3.63) is 29.8 Å². The summed E-state index contributed by atoms with van der Waals surface area (Å²) in [6.07, 6.45) is 4.14. The van der Waals surface area contributed by atoms with Crippen LogP contribution in [0.25, 0.3) is 0 Å². The fraction of sp³-hybridized carbons (Fsp3) is 0.571. The van der Waals surface area contributed by atoms with E-state index >= 15 is 0 Å². The van der Waals surface area contributed by atoms with Crippen LogP contribution in [0, 0.1) is 17.2 Å². The zero-order chi connectivity index (χ0) is 20.2. The molecular weight excluding hydrogens is 386 g/mol. The molecule has 0 radical (unpaired) electrons. The van der Waals surface area contributed by atoms with Crippen molar-refractivity contribution in [2.24, 2.45) is 5.92 Å². The Hall–Kier alpha value is -2.24. The molecular formula is C21H27N5O2S. The van der Waals surface area contributed by atoms with Crippen molar-refractivity contribution in [3.63, 3.8) is 0 Å². The first-order chi connectivity index (χ1) is 14.1. The summed E-state index contributed by atoms with van der Waals surface area (Å²) in [5, 5.41) is 29.0. The third-order valence-electron chi connectivity index (χ3n) is 5.46. The van der Waals surface area contributed by atoms with E-state index in [4.69, 9.17) is 10.00 Å². The second-order valence-corrected chi connectivity index (χ2v) is 8.95. The van der Waals surface area contributed by atoms with E-state index < -0.39 is 6.10 Å². The maximum absolute atomic E-state index is 10.3. The largest absolute Gasteiger partial charge is 0.491 e. The molecule has 2 aromatic rings. The second kappa shape index (κ2) is 9.06. The lowest BCUT2D eigenvalue weighted by atomic mass is 10.00. The smallest absolute Gasteiger partial charge is 0.228 e. The molecule has 154 valence electrons. The fourth-order valence-electron chi connectivity index (χ4n) is 3.48. The molecule has 0 spiro atoms. The highest BCUT2D eigenvalue weighted by molar-refractivity contribution is 7.99. The summed E-state index contributed by atoms with van der Waals surface area (Å²) in [5.74, 6) is 2.92. The van der Waals surface area contributed by atoms with Crippen molar-refractivity contribution >= 4 is 17.7 Å². The minimum absolute atomic E-state index is 0.202. The third kappa shape index (κ3) is 5.03. The predicted molar refractivity (Wildman–Crippen MR) is 112 cm³/mol. The Balaban J connectivity index is 1.32. The highest BCUT2D eigenvalue weighted by Gasteiger charge is 2.32. The maximum atomic E-state index is 10.3. The second-order valence-electron chi connectivity index (χ2n) is 7.97. The number of hydrogen-bond acceptors (Lipinski definition) is 7. The molecule has 2 fully saturated rings. The standard InChI is InChI=1S/C21H27N5O2S/c1-15-8-10-25(11-9-15)20-23-24-21(26(20)17-4-5-17)29-14-18(27)13-28-19-6-2-16(12-22)3-7-19/h2-3,6-7,15,17-18,27H,4-5,8-11,13-14H2,1H3. The Labute approximate surface area is 175 Å². The van der Waals surface area contributed by atoms with E-state index in [2.05, 4.69) is 32.7 Å². The summed E-state index contributed by atoms with van der Waals surface area (Å²) in [6, 6.07) is 9.47. The number of rotatable bonds is 8. The molecule has 1 saturated carbocycles. The first-order valence-corrected chi connectivity index (χ1v) is 11.3. The molecule has 29 heavy (non-hydrogen) atoms. The molecule has 2 aliphatic rings. The van der Waals surface area contributed by atoms with Crippen LogP contribution in [0.4, 0.5) is 5.95 Å². The van der Waals surface area contributed by atoms with Gasteiger partial charge >= 0.3 is 0 Å². The number of aliphatic hydroxyl groups excluding tert-OH is 1. The topological polar surface area (TPSA) is 87.2 Å². The van der Waals surface area contributed by atoms with Gasteiger partial charge in [0.15, 0.2) is 5.16 Å². The number of ether oxygens (including phenoxy) is 1. The average Bonchev–Trinajstić information content (AvgIpc) is 3.50. The lowest BCUT2D eigenvalue weighted by Gasteiger charge is -2.31. The Morgan fingerprint density at radius 1 is 1.21 bits per heavy atom. The van der Waals surface area contributed by atoms with Crippen molar-refractivity contribution in [2.45, 2.75) is 49.9 Å². The highest BCUT2D eigenvalue weighted by atomic mass is 32.2. The summed E-state index contributed by atoms with van der Waals surface area (Å²) in [6.45, 7) is 4.59. The lowest BCUT2D eigenvalue weighted by molar-refractivity contribution is 0.126. The number of hydrogen-bond donors (Lipinski definition) is 1. The summed E-state index contributed by atoms with van der Waals surface area (Å²) in [4.78, 5) is 2.36. The summed E-state index contributed by atoms with van der Waals surface area (Å²) < 4.78 is 7.91. The molecule has 1 unspecified atom stereocenters. The fourth-order valence-corrected chi connectivity index (χ4v) is 4.39. The normalized spacial score (nSPS) is 18.4. The van der Waals surface area contributed by atoms with Gasteiger partial charge in [-0.1, -0.05) is 18.7 Å². The maximum Gasteiger partial charge on any atom is 0.228 e. The van der Waals surface area contributed by atoms with E-state index in [1.54, 1.807) is 24.3 Å². The van der Waals surface area contributed by atoms with E-state index in [1.165, 1.54) is 37.4 Å². The number of piperidine rings is 1. The molecule has 2 heterocycles. The van der Waals surface area contributed by atoms with Crippen LogP contribution in [-0.4, -0.2) is 51.4 Å². The number of benzene rings is 1. The zero-order valence-electron chi connectivity index (χ0n) is 16.7. The molecule has 1 saturated heterocycles. The van der Waals surface area contributed by atoms with Crippen LogP contribution in [0.1, 0.15) is 44.2 Å². The average molecular weight is 414 g/mol. The molecule has 1 aromatic carbocycles. The number of anilines is 1. The van der Waals surface area contributed by atoms with E-state index in [9.17, 15) is 5.11 Å². The number of nitrogens with zero attached hydrogens (tertiary/aromatic N) is 5. The van der Waals surface area contributed by atoms with Gasteiger partial charge in [-0.05, 0) is 55.9 Å². The van der Waals surface area contributed by atoms with Gasteiger partial charge in [0, 0.05) is 24.9 Å². The molecule has 0 amide bonds. The lowest BCUT2D eigenvalue weighted by Crippen LogP contribution is -2.34. The van der Waals surface area contributed by atoms with Gasteiger partial charge in [0.25, 0.3) is 0 Å².